The Hall–Kier alpha value is -2.11. The largest absolute Gasteiger partial charge is 0.398 e. The summed E-state index contributed by atoms with van der Waals surface area (Å²) in [5.74, 6) is -0.357. The van der Waals surface area contributed by atoms with Gasteiger partial charge in [0, 0.05) is 24.4 Å². The first-order chi connectivity index (χ1) is 8.41. The number of nitrogens with zero attached hydrogens (tertiary/aromatic N) is 1. The number of benzene rings is 1. The summed E-state index contributed by atoms with van der Waals surface area (Å²) in [6, 6.07) is 3.88. The summed E-state index contributed by atoms with van der Waals surface area (Å²) in [4.78, 5) is 22.0. The van der Waals surface area contributed by atoms with Crippen molar-refractivity contribution >= 4 is 17.3 Å². The van der Waals surface area contributed by atoms with Gasteiger partial charge in [0.05, 0.1) is 10.5 Å². The minimum absolute atomic E-state index is 0.132. The number of hydrogen-bond donors (Lipinski definition) is 2. The number of nitro groups is 1. The van der Waals surface area contributed by atoms with E-state index in [1.807, 2.05) is 0 Å². The molecule has 0 radical (unpaired) electrons. The van der Waals surface area contributed by atoms with Gasteiger partial charge in [0.2, 0.25) is 0 Å². The number of hydrogen-bond acceptors (Lipinski definition) is 4. The molecule has 3 N–H and O–H groups in total. The van der Waals surface area contributed by atoms with Gasteiger partial charge in [-0.05, 0) is 24.3 Å². The summed E-state index contributed by atoms with van der Waals surface area (Å²) in [7, 11) is 0. The van der Waals surface area contributed by atoms with Gasteiger partial charge in [-0.25, -0.2) is 0 Å². The Morgan fingerprint density at radius 2 is 2.22 bits per heavy atom. The lowest BCUT2D eigenvalue weighted by molar-refractivity contribution is -0.384. The van der Waals surface area contributed by atoms with Crippen molar-refractivity contribution in [1.82, 2.24) is 5.32 Å². The number of carbonyl (C=O) groups excluding carboxylic acids is 1. The van der Waals surface area contributed by atoms with E-state index in [0.29, 0.717) is 6.54 Å². The molecule has 1 saturated carbocycles. The van der Waals surface area contributed by atoms with Crippen molar-refractivity contribution in [2.75, 3.05) is 12.3 Å². The maximum atomic E-state index is 11.9. The highest BCUT2D eigenvalue weighted by molar-refractivity contribution is 5.99. The SMILES string of the molecule is CC1(CNC(=O)c2cc([N+](=O)[O-])ccc2N)CC1. The van der Waals surface area contributed by atoms with E-state index in [9.17, 15) is 14.9 Å². The molecule has 0 unspecified atom stereocenters. The van der Waals surface area contributed by atoms with Crippen molar-refractivity contribution in [2.24, 2.45) is 5.41 Å². The first-order valence-corrected chi connectivity index (χ1v) is 5.73. The summed E-state index contributed by atoms with van der Waals surface area (Å²) in [5, 5.41) is 13.4. The average molecular weight is 249 g/mol. The predicted molar refractivity (Wildman–Crippen MR) is 67.2 cm³/mol. The summed E-state index contributed by atoms with van der Waals surface area (Å²) in [6.07, 6.45) is 2.19. The summed E-state index contributed by atoms with van der Waals surface area (Å²) < 4.78 is 0. The van der Waals surface area contributed by atoms with E-state index in [1.54, 1.807) is 0 Å². The zero-order chi connectivity index (χ0) is 13.3. The van der Waals surface area contributed by atoms with Gasteiger partial charge in [-0.3, -0.25) is 14.9 Å². The predicted octanol–water partition coefficient (Wildman–Crippen LogP) is 1.71. The lowest BCUT2D eigenvalue weighted by Gasteiger charge is -2.11. The van der Waals surface area contributed by atoms with Crippen molar-refractivity contribution in [3.05, 3.63) is 33.9 Å². The molecular formula is C12H15N3O3. The van der Waals surface area contributed by atoms with Crippen LogP contribution in [0.15, 0.2) is 18.2 Å². The van der Waals surface area contributed by atoms with Crippen LogP contribution >= 0.6 is 0 Å². The third kappa shape index (κ3) is 2.58. The fraction of sp³-hybridized carbons (Fsp3) is 0.417. The van der Waals surface area contributed by atoms with E-state index in [-0.39, 0.29) is 28.3 Å². The minimum Gasteiger partial charge on any atom is -0.398 e. The molecule has 2 rings (SSSR count). The average Bonchev–Trinajstić information content (AvgIpc) is 3.05. The zero-order valence-corrected chi connectivity index (χ0v) is 10.1. The molecule has 1 amide bonds. The molecule has 0 aliphatic heterocycles. The second-order valence-electron chi connectivity index (χ2n) is 5.02. The Morgan fingerprint density at radius 1 is 1.56 bits per heavy atom. The van der Waals surface area contributed by atoms with Crippen molar-refractivity contribution in [3.8, 4) is 0 Å². The normalized spacial score (nSPS) is 16.1. The highest BCUT2D eigenvalue weighted by Crippen LogP contribution is 2.44. The highest BCUT2D eigenvalue weighted by Gasteiger charge is 2.37. The first-order valence-electron chi connectivity index (χ1n) is 5.73. The summed E-state index contributed by atoms with van der Waals surface area (Å²) in [5.41, 5.74) is 6.12. The smallest absolute Gasteiger partial charge is 0.270 e. The number of rotatable bonds is 4. The van der Waals surface area contributed by atoms with Gasteiger partial charge in [0.25, 0.3) is 11.6 Å². The molecule has 18 heavy (non-hydrogen) atoms. The number of carbonyl (C=O) groups is 1. The van der Waals surface area contributed by atoms with Crippen LogP contribution in [0.25, 0.3) is 0 Å². The van der Waals surface area contributed by atoms with E-state index in [2.05, 4.69) is 12.2 Å². The molecule has 1 aliphatic carbocycles. The van der Waals surface area contributed by atoms with Crippen molar-refractivity contribution in [3.63, 3.8) is 0 Å². The van der Waals surface area contributed by atoms with Gasteiger partial charge >= 0.3 is 0 Å². The lowest BCUT2D eigenvalue weighted by Crippen LogP contribution is -2.29. The molecule has 1 aromatic rings. The van der Waals surface area contributed by atoms with Crippen molar-refractivity contribution in [2.45, 2.75) is 19.8 Å². The molecule has 6 nitrogen and oxygen atoms in total. The second-order valence-corrected chi connectivity index (χ2v) is 5.02. The third-order valence-electron chi connectivity index (χ3n) is 3.27. The van der Waals surface area contributed by atoms with Crippen LogP contribution in [0.5, 0.6) is 0 Å². The monoisotopic (exact) mass is 249 g/mol. The van der Waals surface area contributed by atoms with Crippen LogP contribution in [0, 0.1) is 15.5 Å². The summed E-state index contributed by atoms with van der Waals surface area (Å²) in [6.45, 7) is 2.66. The Labute approximate surface area is 104 Å². The van der Waals surface area contributed by atoms with Gasteiger partial charge in [-0.1, -0.05) is 6.92 Å². The van der Waals surface area contributed by atoms with E-state index >= 15 is 0 Å². The number of amides is 1. The summed E-state index contributed by atoms with van der Waals surface area (Å²) >= 11 is 0. The molecule has 1 fully saturated rings. The third-order valence-corrected chi connectivity index (χ3v) is 3.27. The Bertz CT molecular complexity index is 509. The van der Waals surface area contributed by atoms with Crippen LogP contribution in [0.4, 0.5) is 11.4 Å². The van der Waals surface area contributed by atoms with Crippen LogP contribution in [0.3, 0.4) is 0 Å². The molecule has 0 aromatic heterocycles. The minimum atomic E-state index is -0.543. The molecule has 96 valence electrons. The van der Waals surface area contributed by atoms with Gasteiger partial charge < -0.3 is 11.1 Å². The van der Waals surface area contributed by atoms with Crippen LogP contribution in [-0.2, 0) is 0 Å². The number of nitro benzene ring substituents is 1. The Morgan fingerprint density at radius 3 is 2.78 bits per heavy atom. The molecule has 0 heterocycles. The molecular weight excluding hydrogens is 234 g/mol. The standard InChI is InChI=1S/C12H15N3O3/c1-12(4-5-12)7-14-11(16)9-6-8(15(17)18)2-3-10(9)13/h2-3,6H,4-5,7,13H2,1H3,(H,14,16). The number of non-ortho nitro benzene ring substituents is 1. The maximum Gasteiger partial charge on any atom is 0.270 e. The zero-order valence-electron chi connectivity index (χ0n) is 10.1. The number of nitrogen functional groups attached to an aromatic ring is 1. The topological polar surface area (TPSA) is 98.3 Å². The van der Waals surface area contributed by atoms with E-state index in [4.69, 9.17) is 5.73 Å². The van der Waals surface area contributed by atoms with Crippen molar-refractivity contribution in [1.29, 1.82) is 0 Å². The Kier molecular flexibility index (Phi) is 2.94. The van der Waals surface area contributed by atoms with E-state index in [1.165, 1.54) is 18.2 Å². The highest BCUT2D eigenvalue weighted by atomic mass is 16.6. The van der Waals surface area contributed by atoms with Gasteiger partial charge in [-0.2, -0.15) is 0 Å². The van der Waals surface area contributed by atoms with Gasteiger partial charge in [-0.15, -0.1) is 0 Å². The second kappa shape index (κ2) is 4.29. The van der Waals surface area contributed by atoms with Crippen LogP contribution in [-0.4, -0.2) is 17.4 Å². The molecule has 1 aliphatic rings. The molecule has 0 atom stereocenters. The Balaban J connectivity index is 2.13. The molecule has 1 aromatic carbocycles. The van der Waals surface area contributed by atoms with Gasteiger partial charge in [0.15, 0.2) is 0 Å². The fourth-order valence-corrected chi connectivity index (χ4v) is 1.63. The van der Waals surface area contributed by atoms with Crippen LogP contribution in [0.2, 0.25) is 0 Å². The number of anilines is 1. The van der Waals surface area contributed by atoms with Crippen LogP contribution < -0.4 is 11.1 Å². The maximum absolute atomic E-state index is 11.9. The fourth-order valence-electron chi connectivity index (χ4n) is 1.63. The van der Waals surface area contributed by atoms with E-state index in [0.717, 1.165) is 12.8 Å². The van der Waals surface area contributed by atoms with Crippen LogP contribution in [0.1, 0.15) is 30.1 Å². The lowest BCUT2D eigenvalue weighted by atomic mass is 10.1. The van der Waals surface area contributed by atoms with Gasteiger partial charge in [0.1, 0.15) is 0 Å². The molecule has 0 saturated heterocycles. The number of nitrogens with two attached hydrogens (primary N) is 1. The molecule has 0 spiro atoms. The molecule has 6 heteroatoms. The van der Waals surface area contributed by atoms with E-state index < -0.39 is 4.92 Å². The first kappa shape index (κ1) is 12.3. The van der Waals surface area contributed by atoms with Crippen molar-refractivity contribution < 1.29 is 9.72 Å². The number of nitrogens with one attached hydrogen (secondary N) is 1. The quantitative estimate of drug-likeness (QED) is 0.482. The molecule has 0 bridgehead atoms.